The highest BCUT2D eigenvalue weighted by Crippen LogP contribution is 2.35. The van der Waals surface area contributed by atoms with Gasteiger partial charge in [0, 0.05) is 0 Å². The largest absolute Gasteiger partial charge is 0.0651 e. The minimum Gasteiger partial charge on any atom is -0.0651 e. The Labute approximate surface area is 122 Å². The molecule has 1 rings (SSSR count). The molecule has 0 saturated heterocycles. The fourth-order valence-corrected chi connectivity index (χ4v) is 4.45. The minimum absolute atomic E-state index is 0.920. The third kappa shape index (κ3) is 6.32. The van der Waals surface area contributed by atoms with Crippen LogP contribution in [0.25, 0.3) is 0 Å². The van der Waals surface area contributed by atoms with Gasteiger partial charge in [0.15, 0.2) is 0 Å². The Bertz CT molecular complexity index is 232. The highest BCUT2D eigenvalue weighted by atomic mass is 14.3. The molecule has 0 N–H and O–H groups in total. The molecular formula is C19H38. The third-order valence-electron chi connectivity index (χ3n) is 5.60. The molecule has 6 unspecified atom stereocenters. The summed E-state index contributed by atoms with van der Waals surface area (Å²) in [6, 6.07) is 0. The van der Waals surface area contributed by atoms with E-state index in [9.17, 15) is 0 Å². The van der Waals surface area contributed by atoms with Gasteiger partial charge in [-0.3, -0.25) is 0 Å². The summed E-state index contributed by atoms with van der Waals surface area (Å²) in [6.07, 6.45) is 10.1. The Morgan fingerprint density at radius 1 is 0.737 bits per heavy atom. The average molecular weight is 267 g/mol. The predicted molar refractivity (Wildman–Crippen MR) is 87.3 cm³/mol. The van der Waals surface area contributed by atoms with Crippen LogP contribution in [0.1, 0.15) is 86.5 Å². The molecule has 0 aromatic heterocycles. The maximum atomic E-state index is 2.50. The van der Waals surface area contributed by atoms with Crippen LogP contribution in [0.3, 0.4) is 0 Å². The molecule has 1 fully saturated rings. The molecule has 0 nitrogen and oxygen atoms in total. The van der Waals surface area contributed by atoms with Crippen LogP contribution in [0.4, 0.5) is 0 Å². The van der Waals surface area contributed by atoms with E-state index in [4.69, 9.17) is 0 Å². The Kier molecular flexibility index (Phi) is 7.47. The van der Waals surface area contributed by atoms with Crippen molar-refractivity contribution in [1.29, 1.82) is 0 Å². The minimum atomic E-state index is 0.920. The molecule has 1 aliphatic rings. The van der Waals surface area contributed by atoms with E-state index in [1.807, 2.05) is 0 Å². The van der Waals surface area contributed by atoms with Gasteiger partial charge in [0.1, 0.15) is 0 Å². The second-order valence-electron chi connectivity index (χ2n) is 8.09. The van der Waals surface area contributed by atoms with Crippen molar-refractivity contribution in [2.24, 2.45) is 35.5 Å². The van der Waals surface area contributed by atoms with Crippen molar-refractivity contribution >= 4 is 0 Å². The van der Waals surface area contributed by atoms with Gasteiger partial charge in [-0.15, -0.1) is 0 Å². The molecule has 19 heavy (non-hydrogen) atoms. The van der Waals surface area contributed by atoms with Crippen LogP contribution in [-0.4, -0.2) is 0 Å². The zero-order valence-corrected chi connectivity index (χ0v) is 14.4. The lowest BCUT2D eigenvalue weighted by molar-refractivity contribution is 0.238. The van der Waals surface area contributed by atoms with Crippen LogP contribution in [0.2, 0.25) is 0 Å². The molecule has 1 aliphatic carbocycles. The number of hydrogen-bond donors (Lipinski definition) is 0. The lowest BCUT2D eigenvalue weighted by Gasteiger charge is -2.27. The summed E-state index contributed by atoms with van der Waals surface area (Å²) in [7, 11) is 0. The van der Waals surface area contributed by atoms with Crippen molar-refractivity contribution < 1.29 is 0 Å². The Morgan fingerprint density at radius 3 is 1.74 bits per heavy atom. The van der Waals surface area contributed by atoms with Gasteiger partial charge >= 0.3 is 0 Å². The molecule has 0 bridgehead atoms. The van der Waals surface area contributed by atoms with Gasteiger partial charge < -0.3 is 0 Å². The van der Waals surface area contributed by atoms with Gasteiger partial charge in [-0.1, -0.05) is 54.4 Å². The quantitative estimate of drug-likeness (QED) is 0.532. The monoisotopic (exact) mass is 266 g/mol. The molecule has 114 valence electrons. The maximum absolute atomic E-state index is 2.50. The molecule has 0 radical (unpaired) electrons. The lowest BCUT2D eigenvalue weighted by Crippen LogP contribution is -2.16. The van der Waals surface area contributed by atoms with Crippen LogP contribution < -0.4 is 0 Å². The van der Waals surface area contributed by atoms with Crippen LogP contribution in [0.15, 0.2) is 0 Å². The van der Waals surface area contributed by atoms with Gasteiger partial charge in [-0.05, 0) is 67.6 Å². The molecule has 0 aliphatic heterocycles. The Morgan fingerprint density at radius 2 is 1.21 bits per heavy atom. The fraction of sp³-hybridized carbons (Fsp3) is 1.00. The van der Waals surface area contributed by atoms with E-state index >= 15 is 0 Å². The van der Waals surface area contributed by atoms with Gasteiger partial charge in [-0.25, -0.2) is 0 Å². The molecule has 0 heteroatoms. The normalized spacial score (nSPS) is 40.4. The van der Waals surface area contributed by atoms with E-state index in [-0.39, 0.29) is 0 Å². The second kappa shape index (κ2) is 8.32. The van der Waals surface area contributed by atoms with Crippen LogP contribution in [-0.2, 0) is 0 Å². The zero-order valence-electron chi connectivity index (χ0n) is 14.4. The van der Waals surface area contributed by atoms with E-state index in [0.717, 1.165) is 35.5 Å². The SMILES string of the molecule is CCC(C)C1CCC(C)CC(C)CC(C)CC(C)C1. The maximum Gasteiger partial charge on any atom is -0.0386 e. The predicted octanol–water partition coefficient (Wildman–Crippen LogP) is 6.55. The van der Waals surface area contributed by atoms with E-state index < -0.39 is 0 Å². The molecule has 0 amide bonds. The summed E-state index contributed by atoms with van der Waals surface area (Å²) >= 11 is 0. The van der Waals surface area contributed by atoms with Crippen molar-refractivity contribution in [1.82, 2.24) is 0 Å². The lowest BCUT2D eigenvalue weighted by atomic mass is 9.79. The van der Waals surface area contributed by atoms with Crippen LogP contribution in [0.5, 0.6) is 0 Å². The summed E-state index contributed by atoms with van der Waals surface area (Å²) in [5.41, 5.74) is 0. The number of rotatable bonds is 2. The van der Waals surface area contributed by atoms with Gasteiger partial charge in [0.2, 0.25) is 0 Å². The average Bonchev–Trinajstić information content (AvgIpc) is 2.33. The van der Waals surface area contributed by atoms with Gasteiger partial charge in [0.05, 0.1) is 0 Å². The molecule has 1 saturated carbocycles. The summed E-state index contributed by atoms with van der Waals surface area (Å²) < 4.78 is 0. The Hall–Kier alpha value is 0. The van der Waals surface area contributed by atoms with Gasteiger partial charge in [-0.2, -0.15) is 0 Å². The summed E-state index contributed by atoms with van der Waals surface area (Å²) in [5.74, 6) is 5.60. The first-order valence-corrected chi connectivity index (χ1v) is 8.92. The summed E-state index contributed by atoms with van der Waals surface area (Å²) in [4.78, 5) is 0. The number of hydrogen-bond acceptors (Lipinski definition) is 0. The Balaban J connectivity index is 2.68. The van der Waals surface area contributed by atoms with Crippen molar-refractivity contribution in [2.75, 3.05) is 0 Å². The summed E-state index contributed by atoms with van der Waals surface area (Å²) in [6.45, 7) is 14.8. The van der Waals surface area contributed by atoms with Crippen molar-refractivity contribution in [2.45, 2.75) is 86.5 Å². The van der Waals surface area contributed by atoms with Crippen molar-refractivity contribution in [3.8, 4) is 0 Å². The van der Waals surface area contributed by atoms with E-state index in [0.29, 0.717) is 0 Å². The van der Waals surface area contributed by atoms with Crippen molar-refractivity contribution in [3.63, 3.8) is 0 Å². The third-order valence-corrected chi connectivity index (χ3v) is 5.60. The molecule has 6 atom stereocenters. The first-order chi connectivity index (χ1) is 8.92. The topological polar surface area (TPSA) is 0 Å². The zero-order chi connectivity index (χ0) is 14.4. The smallest absolute Gasteiger partial charge is 0.0386 e. The molecule has 0 spiro atoms. The van der Waals surface area contributed by atoms with Crippen LogP contribution >= 0.6 is 0 Å². The highest BCUT2D eigenvalue weighted by molar-refractivity contribution is 4.74. The highest BCUT2D eigenvalue weighted by Gasteiger charge is 2.23. The van der Waals surface area contributed by atoms with E-state index in [2.05, 4.69) is 41.5 Å². The molecule has 0 aromatic carbocycles. The molecule has 0 heterocycles. The first kappa shape index (κ1) is 17.1. The van der Waals surface area contributed by atoms with Crippen molar-refractivity contribution in [3.05, 3.63) is 0 Å². The standard InChI is InChI=1S/C19H38/c1-7-18(6)19-9-8-14(2)10-15(3)11-16(4)12-17(5)13-19/h14-19H,7-13H2,1-6H3. The first-order valence-electron chi connectivity index (χ1n) is 8.92. The van der Waals surface area contributed by atoms with Crippen LogP contribution in [0, 0.1) is 35.5 Å². The molecular weight excluding hydrogens is 228 g/mol. The van der Waals surface area contributed by atoms with E-state index in [1.54, 1.807) is 0 Å². The van der Waals surface area contributed by atoms with E-state index in [1.165, 1.54) is 44.9 Å². The molecule has 0 aromatic rings. The van der Waals surface area contributed by atoms with Gasteiger partial charge in [0.25, 0.3) is 0 Å². The second-order valence-corrected chi connectivity index (χ2v) is 8.09. The fourth-order valence-electron chi connectivity index (χ4n) is 4.45. The summed E-state index contributed by atoms with van der Waals surface area (Å²) in [5, 5.41) is 0.